The van der Waals surface area contributed by atoms with Crippen molar-refractivity contribution in [3.05, 3.63) is 72.1 Å². The van der Waals surface area contributed by atoms with E-state index in [0.717, 1.165) is 36.8 Å². The zero-order valence-corrected chi connectivity index (χ0v) is 20.7. The lowest BCUT2D eigenvalue weighted by atomic mass is 9.92. The van der Waals surface area contributed by atoms with Gasteiger partial charge < -0.3 is 21.6 Å². The van der Waals surface area contributed by atoms with E-state index in [1.807, 2.05) is 24.3 Å². The molecule has 4 rings (SSSR count). The van der Waals surface area contributed by atoms with Gasteiger partial charge in [0, 0.05) is 53.6 Å². The summed E-state index contributed by atoms with van der Waals surface area (Å²) in [6, 6.07) is 13.7. The second-order valence-electron chi connectivity index (χ2n) is 9.03. The lowest BCUT2D eigenvalue weighted by Crippen LogP contribution is -2.46. The first-order valence-corrected chi connectivity index (χ1v) is 12.3. The molecule has 1 fully saturated rings. The van der Waals surface area contributed by atoms with Gasteiger partial charge in [0.25, 0.3) is 5.91 Å². The maximum atomic E-state index is 12.7. The fraction of sp³-hybridized carbons (Fsp3) is 0.250. The number of nitrogens with zero attached hydrogens (tertiary/aromatic N) is 2. The average molecular weight is 498 g/mol. The van der Waals surface area contributed by atoms with Crippen LogP contribution in [0.1, 0.15) is 43.7 Å². The molecule has 0 atom stereocenters. The molecule has 1 heterocycles. The van der Waals surface area contributed by atoms with Crippen LogP contribution in [0.4, 0.5) is 11.4 Å². The summed E-state index contributed by atoms with van der Waals surface area (Å²) in [7, 11) is 0. The Hall–Kier alpha value is -4.53. The van der Waals surface area contributed by atoms with Crippen molar-refractivity contribution in [1.29, 1.82) is 16.2 Å². The SMILES string of the molecule is CCNC(=O)C(=N)N(C(=N)c1cc(C(=N)C2CCCC2)c(N)cc1O)c1ccc(-c2ccncc2)cc1. The van der Waals surface area contributed by atoms with E-state index < -0.39 is 11.7 Å². The minimum atomic E-state index is -0.653. The van der Waals surface area contributed by atoms with E-state index in [4.69, 9.17) is 22.0 Å². The second kappa shape index (κ2) is 11.0. The number of aromatic nitrogens is 1. The van der Waals surface area contributed by atoms with E-state index >= 15 is 0 Å². The second-order valence-corrected chi connectivity index (χ2v) is 9.03. The van der Waals surface area contributed by atoms with E-state index in [0.29, 0.717) is 23.5 Å². The highest BCUT2D eigenvalue weighted by molar-refractivity contribution is 6.48. The van der Waals surface area contributed by atoms with Crippen LogP contribution in [0.25, 0.3) is 11.1 Å². The van der Waals surface area contributed by atoms with Crippen LogP contribution in [0.2, 0.25) is 0 Å². The fourth-order valence-electron chi connectivity index (χ4n) is 4.65. The molecule has 1 aliphatic carbocycles. The number of hydrogen-bond acceptors (Lipinski definition) is 7. The molecule has 1 amide bonds. The molecule has 0 spiro atoms. The number of carbonyl (C=O) groups excluding carboxylic acids is 1. The molecule has 9 heteroatoms. The first-order valence-electron chi connectivity index (χ1n) is 12.3. The summed E-state index contributed by atoms with van der Waals surface area (Å²) in [4.78, 5) is 17.9. The summed E-state index contributed by atoms with van der Waals surface area (Å²) in [5, 5.41) is 39.6. The van der Waals surface area contributed by atoms with E-state index in [2.05, 4.69) is 10.3 Å². The minimum absolute atomic E-state index is 0.0826. The van der Waals surface area contributed by atoms with Gasteiger partial charge in [-0.2, -0.15) is 0 Å². The first-order chi connectivity index (χ1) is 17.8. The molecule has 2 aromatic carbocycles. The van der Waals surface area contributed by atoms with E-state index in [9.17, 15) is 9.90 Å². The number of likely N-dealkylation sites (N-methyl/N-ethyl adjacent to an activating group) is 1. The number of benzene rings is 2. The Morgan fingerprint density at radius 2 is 1.65 bits per heavy atom. The van der Waals surface area contributed by atoms with E-state index in [1.165, 1.54) is 17.0 Å². The Kier molecular flexibility index (Phi) is 7.62. The molecule has 9 nitrogen and oxygen atoms in total. The van der Waals surface area contributed by atoms with Gasteiger partial charge in [-0.1, -0.05) is 25.0 Å². The van der Waals surface area contributed by atoms with Crippen LogP contribution in [0.3, 0.4) is 0 Å². The Morgan fingerprint density at radius 1 is 1.03 bits per heavy atom. The zero-order valence-electron chi connectivity index (χ0n) is 20.7. The van der Waals surface area contributed by atoms with Crippen molar-refractivity contribution in [3.8, 4) is 16.9 Å². The summed E-state index contributed by atoms with van der Waals surface area (Å²) in [6.07, 6.45) is 7.32. The van der Waals surface area contributed by atoms with Crippen LogP contribution in [0.15, 0.2) is 60.9 Å². The van der Waals surface area contributed by atoms with E-state index in [-0.39, 0.29) is 28.8 Å². The van der Waals surface area contributed by atoms with E-state index in [1.54, 1.807) is 31.5 Å². The molecular weight excluding hydrogens is 466 g/mol. The molecule has 0 aliphatic heterocycles. The summed E-state index contributed by atoms with van der Waals surface area (Å²) in [5.41, 5.74) is 9.62. The van der Waals surface area contributed by atoms with Crippen LogP contribution < -0.4 is 16.0 Å². The molecule has 0 saturated heterocycles. The van der Waals surface area contributed by atoms with Crippen molar-refractivity contribution < 1.29 is 9.90 Å². The van der Waals surface area contributed by atoms with Gasteiger partial charge in [0.2, 0.25) is 0 Å². The number of amides is 1. The third-order valence-corrected chi connectivity index (χ3v) is 6.62. The number of aromatic hydroxyl groups is 1. The number of pyridine rings is 1. The summed E-state index contributed by atoms with van der Waals surface area (Å²) in [6.45, 7) is 2.07. The monoisotopic (exact) mass is 497 g/mol. The third kappa shape index (κ3) is 5.35. The molecule has 0 bridgehead atoms. The molecular formula is C28H31N7O2. The molecule has 1 aromatic heterocycles. The van der Waals surface area contributed by atoms with Crippen LogP contribution in [0, 0.1) is 22.1 Å². The number of phenolic OH excluding ortho intramolecular Hbond substituents is 1. The number of carbonyl (C=O) groups is 1. The Labute approximate surface area is 215 Å². The van der Waals surface area contributed by atoms with Crippen molar-refractivity contribution in [2.24, 2.45) is 5.92 Å². The van der Waals surface area contributed by atoms with Crippen molar-refractivity contribution >= 4 is 34.7 Å². The minimum Gasteiger partial charge on any atom is -0.507 e. The van der Waals surface area contributed by atoms with Crippen LogP contribution in [0.5, 0.6) is 5.75 Å². The molecule has 7 N–H and O–H groups in total. The largest absolute Gasteiger partial charge is 0.507 e. The summed E-state index contributed by atoms with van der Waals surface area (Å²) >= 11 is 0. The maximum absolute atomic E-state index is 12.7. The maximum Gasteiger partial charge on any atom is 0.287 e. The number of rotatable bonds is 6. The highest BCUT2D eigenvalue weighted by Gasteiger charge is 2.28. The average Bonchev–Trinajstić information content (AvgIpc) is 3.45. The molecule has 1 saturated carbocycles. The smallest absolute Gasteiger partial charge is 0.287 e. The van der Waals surface area contributed by atoms with Crippen molar-refractivity contribution in [2.75, 3.05) is 17.2 Å². The van der Waals surface area contributed by atoms with Gasteiger partial charge in [0.05, 0.1) is 5.56 Å². The van der Waals surface area contributed by atoms with Crippen molar-refractivity contribution in [1.82, 2.24) is 10.3 Å². The number of nitrogens with one attached hydrogen (secondary N) is 4. The quantitative estimate of drug-likeness (QED) is 0.167. The Bertz CT molecular complexity index is 1330. The number of nitrogen functional groups attached to an aromatic ring is 1. The normalized spacial score (nSPS) is 13.2. The zero-order chi connectivity index (χ0) is 26.5. The number of anilines is 2. The van der Waals surface area contributed by atoms with Gasteiger partial charge in [-0.15, -0.1) is 0 Å². The molecule has 0 radical (unpaired) electrons. The number of hydrogen-bond donors (Lipinski definition) is 6. The predicted octanol–water partition coefficient (Wildman–Crippen LogP) is 4.54. The topological polar surface area (TPSA) is 163 Å². The van der Waals surface area contributed by atoms with Gasteiger partial charge in [-0.25, -0.2) is 0 Å². The van der Waals surface area contributed by atoms with Crippen LogP contribution >= 0.6 is 0 Å². The molecule has 3 aromatic rings. The number of nitrogens with two attached hydrogens (primary N) is 1. The van der Waals surface area contributed by atoms with Gasteiger partial charge in [0.1, 0.15) is 11.6 Å². The third-order valence-electron chi connectivity index (χ3n) is 6.62. The highest BCUT2D eigenvalue weighted by atomic mass is 16.3. The van der Waals surface area contributed by atoms with Crippen LogP contribution in [-0.4, -0.2) is 39.9 Å². The summed E-state index contributed by atoms with van der Waals surface area (Å²) in [5.74, 6) is -1.57. The first kappa shape index (κ1) is 25.6. The van der Waals surface area contributed by atoms with Crippen LogP contribution in [-0.2, 0) is 4.79 Å². The van der Waals surface area contributed by atoms with Gasteiger partial charge in [0.15, 0.2) is 5.84 Å². The molecule has 190 valence electrons. The molecule has 37 heavy (non-hydrogen) atoms. The fourth-order valence-corrected chi connectivity index (χ4v) is 4.65. The predicted molar refractivity (Wildman–Crippen MR) is 147 cm³/mol. The number of phenols is 1. The summed E-state index contributed by atoms with van der Waals surface area (Å²) < 4.78 is 0. The molecule has 0 unspecified atom stereocenters. The van der Waals surface area contributed by atoms with Gasteiger partial charge in [-0.05, 0) is 61.2 Å². The Balaban J connectivity index is 1.74. The number of amidine groups is 2. The highest BCUT2D eigenvalue weighted by Crippen LogP contribution is 2.34. The van der Waals surface area contributed by atoms with Crippen molar-refractivity contribution in [2.45, 2.75) is 32.6 Å². The molecule has 1 aliphatic rings. The van der Waals surface area contributed by atoms with Crippen molar-refractivity contribution in [3.63, 3.8) is 0 Å². The Morgan fingerprint density at radius 3 is 2.27 bits per heavy atom. The lowest BCUT2D eigenvalue weighted by molar-refractivity contribution is -0.114. The standard InChI is InChI=1S/C28H31N7O2/c1-2-34-28(37)27(32)35(20-9-7-17(8-10-20)18-11-13-33-14-12-18)26(31)22-15-21(23(29)16-24(22)36)25(30)19-5-3-4-6-19/h7-16,19,30-32,36H,2-6,29H2,1H3,(H,34,37). The van der Waals surface area contributed by atoms with Gasteiger partial charge >= 0.3 is 0 Å². The lowest BCUT2D eigenvalue weighted by Gasteiger charge is -2.26. The van der Waals surface area contributed by atoms with Gasteiger partial charge in [-0.3, -0.25) is 25.5 Å².